The highest BCUT2D eigenvalue weighted by Crippen LogP contribution is 1.95. The van der Waals surface area contributed by atoms with Gasteiger partial charge in [-0.15, -0.1) is 6.58 Å². The number of ketones is 1. The van der Waals surface area contributed by atoms with Crippen molar-refractivity contribution in [2.24, 2.45) is 0 Å². The second kappa shape index (κ2) is 5.04. The summed E-state index contributed by atoms with van der Waals surface area (Å²) in [5.74, 6) is -4.97. The molecule has 0 aromatic carbocycles. The molecule has 0 aromatic rings. The van der Waals surface area contributed by atoms with Crippen LogP contribution >= 0.6 is 0 Å². The molecule has 72 valence electrons. The fourth-order valence-corrected chi connectivity index (χ4v) is 0.536. The number of ether oxygens (including phenoxy) is 1. The number of rotatable bonds is 6. The molecular weight excluding hydrogens is 180 g/mol. The fourth-order valence-electron chi connectivity index (χ4n) is 0.536. The van der Waals surface area contributed by atoms with Gasteiger partial charge in [0.2, 0.25) is 6.10 Å². The summed E-state index contributed by atoms with van der Waals surface area (Å²) in [6.45, 7) is 3.02. The number of carboxylic acid groups (broad SMARTS) is 2. The van der Waals surface area contributed by atoms with Gasteiger partial charge in [-0.3, -0.25) is 4.79 Å². The highest BCUT2D eigenvalue weighted by molar-refractivity contribution is 6.38. The Bertz CT molecular complexity index is 243. The van der Waals surface area contributed by atoms with Gasteiger partial charge in [0.1, 0.15) is 0 Å². The van der Waals surface area contributed by atoms with E-state index in [0.29, 0.717) is 0 Å². The molecule has 13 heavy (non-hydrogen) atoms. The molecule has 0 aliphatic heterocycles. The molecular formula is C7H8O6. The van der Waals surface area contributed by atoms with Crippen molar-refractivity contribution in [2.75, 3.05) is 6.61 Å². The van der Waals surface area contributed by atoms with Crippen molar-refractivity contribution in [1.82, 2.24) is 0 Å². The highest BCUT2D eigenvalue weighted by Gasteiger charge is 2.31. The molecule has 6 heteroatoms. The lowest BCUT2D eigenvalue weighted by Crippen LogP contribution is -2.37. The molecule has 0 aliphatic rings. The average Bonchev–Trinajstić information content (AvgIpc) is 2.04. The van der Waals surface area contributed by atoms with E-state index >= 15 is 0 Å². The van der Waals surface area contributed by atoms with Gasteiger partial charge in [0.15, 0.2) is 0 Å². The zero-order chi connectivity index (χ0) is 10.4. The van der Waals surface area contributed by atoms with E-state index in [0.717, 1.165) is 0 Å². The first-order valence-corrected chi connectivity index (χ1v) is 3.23. The van der Waals surface area contributed by atoms with E-state index < -0.39 is 23.8 Å². The molecule has 1 unspecified atom stereocenters. The first-order valence-electron chi connectivity index (χ1n) is 3.23. The molecule has 0 rings (SSSR count). The van der Waals surface area contributed by atoms with Crippen LogP contribution in [0.2, 0.25) is 0 Å². The second-order valence-electron chi connectivity index (χ2n) is 2.01. The number of carbonyl (C=O) groups excluding carboxylic acids is 1. The molecule has 0 saturated heterocycles. The largest absolute Gasteiger partial charge is 0.479 e. The Morgan fingerprint density at radius 2 is 1.92 bits per heavy atom. The van der Waals surface area contributed by atoms with Crippen LogP contribution in [0, 0.1) is 0 Å². The lowest BCUT2D eigenvalue weighted by atomic mass is 10.2. The van der Waals surface area contributed by atoms with Gasteiger partial charge < -0.3 is 14.9 Å². The van der Waals surface area contributed by atoms with E-state index in [-0.39, 0.29) is 6.61 Å². The van der Waals surface area contributed by atoms with Crippen molar-refractivity contribution in [3.05, 3.63) is 12.7 Å². The maximum absolute atomic E-state index is 10.7. The Balaban J connectivity index is 4.41. The van der Waals surface area contributed by atoms with E-state index in [2.05, 4.69) is 11.3 Å². The minimum Gasteiger partial charge on any atom is -0.479 e. The molecule has 0 aliphatic carbocycles. The monoisotopic (exact) mass is 188 g/mol. The van der Waals surface area contributed by atoms with Crippen LogP contribution in [0.25, 0.3) is 0 Å². The number of carboxylic acids is 2. The Morgan fingerprint density at radius 3 is 2.23 bits per heavy atom. The fraction of sp³-hybridized carbons (Fsp3) is 0.286. The third-order valence-corrected chi connectivity index (χ3v) is 1.05. The summed E-state index contributed by atoms with van der Waals surface area (Å²) in [4.78, 5) is 31.0. The molecule has 0 saturated carbocycles. The standard InChI is InChI=1S/C7H8O6/c1-2-3-13-5(7(11)12)4(8)6(9)10/h2,5H,1,3H2,(H,9,10)(H,11,12). The first-order chi connectivity index (χ1) is 6.00. The molecule has 0 spiro atoms. The van der Waals surface area contributed by atoms with Crippen molar-refractivity contribution in [1.29, 1.82) is 0 Å². The zero-order valence-corrected chi connectivity index (χ0v) is 6.60. The van der Waals surface area contributed by atoms with Crippen LogP contribution in [0.15, 0.2) is 12.7 Å². The summed E-state index contributed by atoms with van der Waals surface area (Å²) in [5, 5.41) is 16.6. The van der Waals surface area contributed by atoms with E-state index in [9.17, 15) is 14.4 Å². The smallest absolute Gasteiger partial charge is 0.375 e. The molecule has 0 bridgehead atoms. The normalized spacial score (nSPS) is 11.7. The lowest BCUT2D eigenvalue weighted by molar-refractivity contribution is -0.164. The lowest BCUT2D eigenvalue weighted by Gasteiger charge is -2.07. The van der Waals surface area contributed by atoms with Gasteiger partial charge >= 0.3 is 11.9 Å². The molecule has 0 aromatic heterocycles. The van der Waals surface area contributed by atoms with Crippen molar-refractivity contribution in [3.63, 3.8) is 0 Å². The summed E-state index contributed by atoms with van der Waals surface area (Å²) in [7, 11) is 0. The first kappa shape index (κ1) is 11.3. The molecule has 0 amide bonds. The van der Waals surface area contributed by atoms with Crippen LogP contribution in [0.4, 0.5) is 0 Å². The summed E-state index contributed by atoms with van der Waals surface area (Å²) >= 11 is 0. The van der Waals surface area contributed by atoms with Gasteiger partial charge in [-0.05, 0) is 0 Å². The van der Waals surface area contributed by atoms with Gasteiger partial charge in [-0.25, -0.2) is 9.59 Å². The topological polar surface area (TPSA) is 101 Å². The van der Waals surface area contributed by atoms with Gasteiger partial charge in [0.05, 0.1) is 6.61 Å². The third-order valence-electron chi connectivity index (χ3n) is 1.05. The Labute approximate surface area is 73.4 Å². The highest BCUT2D eigenvalue weighted by atomic mass is 16.5. The van der Waals surface area contributed by atoms with Crippen LogP contribution in [-0.2, 0) is 19.1 Å². The van der Waals surface area contributed by atoms with Gasteiger partial charge in [0.25, 0.3) is 5.78 Å². The molecule has 6 nitrogen and oxygen atoms in total. The SMILES string of the molecule is C=CCOC(C(=O)O)C(=O)C(=O)O. The minimum atomic E-state index is -1.96. The maximum atomic E-state index is 10.7. The summed E-state index contributed by atoms with van der Waals surface area (Å²) < 4.78 is 4.43. The average molecular weight is 188 g/mol. The van der Waals surface area contributed by atoms with Crippen molar-refractivity contribution in [3.8, 4) is 0 Å². The van der Waals surface area contributed by atoms with E-state index in [1.54, 1.807) is 0 Å². The number of hydrogen-bond acceptors (Lipinski definition) is 4. The molecule has 0 fully saturated rings. The summed E-state index contributed by atoms with van der Waals surface area (Å²) in [5.41, 5.74) is 0. The maximum Gasteiger partial charge on any atom is 0.375 e. The number of Topliss-reactive ketones (excluding diaryl/α,β-unsaturated/α-hetero) is 1. The van der Waals surface area contributed by atoms with Crippen molar-refractivity contribution < 1.29 is 29.3 Å². The van der Waals surface area contributed by atoms with E-state index in [1.807, 2.05) is 0 Å². The van der Waals surface area contributed by atoms with Crippen molar-refractivity contribution in [2.45, 2.75) is 6.10 Å². The second-order valence-corrected chi connectivity index (χ2v) is 2.01. The van der Waals surface area contributed by atoms with Crippen LogP contribution < -0.4 is 0 Å². The number of carbonyl (C=O) groups is 3. The predicted molar refractivity (Wildman–Crippen MR) is 40.2 cm³/mol. The Morgan fingerprint density at radius 1 is 1.38 bits per heavy atom. The quantitative estimate of drug-likeness (QED) is 0.324. The molecule has 2 N–H and O–H groups in total. The van der Waals surface area contributed by atoms with Crippen LogP contribution in [0.5, 0.6) is 0 Å². The van der Waals surface area contributed by atoms with Gasteiger partial charge in [0, 0.05) is 0 Å². The number of hydrogen-bond donors (Lipinski definition) is 2. The number of aliphatic carboxylic acids is 2. The molecule has 0 radical (unpaired) electrons. The molecule has 0 heterocycles. The van der Waals surface area contributed by atoms with Crippen LogP contribution in [0.1, 0.15) is 0 Å². The summed E-state index contributed by atoms with van der Waals surface area (Å²) in [6, 6.07) is 0. The Hall–Kier alpha value is -1.69. The molecule has 1 atom stereocenters. The summed E-state index contributed by atoms with van der Waals surface area (Å²) in [6.07, 6.45) is -0.749. The van der Waals surface area contributed by atoms with Crippen molar-refractivity contribution >= 4 is 17.7 Å². The van der Waals surface area contributed by atoms with Gasteiger partial charge in [-0.1, -0.05) is 6.08 Å². The van der Waals surface area contributed by atoms with Gasteiger partial charge in [-0.2, -0.15) is 0 Å². The van der Waals surface area contributed by atoms with Crippen LogP contribution in [-0.4, -0.2) is 40.6 Å². The minimum absolute atomic E-state index is 0.198. The van der Waals surface area contributed by atoms with E-state index in [4.69, 9.17) is 10.2 Å². The third kappa shape index (κ3) is 3.48. The predicted octanol–water partition coefficient (Wildman–Crippen LogP) is -0.704. The van der Waals surface area contributed by atoms with Crippen LogP contribution in [0.3, 0.4) is 0 Å². The zero-order valence-electron chi connectivity index (χ0n) is 6.60. The van der Waals surface area contributed by atoms with E-state index in [1.165, 1.54) is 6.08 Å². The Kier molecular flexibility index (Phi) is 4.39.